The molecule has 1 aromatic rings. The molecular weight excluding hydrogens is 220 g/mol. The van der Waals surface area contributed by atoms with Crippen molar-refractivity contribution in [1.29, 1.82) is 0 Å². The van der Waals surface area contributed by atoms with Gasteiger partial charge in [-0.1, -0.05) is 0 Å². The van der Waals surface area contributed by atoms with Gasteiger partial charge < -0.3 is 15.8 Å². The number of carbonyl (C=O) groups excluding carboxylic acids is 2. The van der Waals surface area contributed by atoms with Gasteiger partial charge in [0.05, 0.1) is 17.2 Å². The zero-order valence-corrected chi connectivity index (χ0v) is 9.53. The lowest BCUT2D eigenvalue weighted by Crippen LogP contribution is -2.23. The van der Waals surface area contributed by atoms with Gasteiger partial charge in [-0.15, -0.1) is 0 Å². The van der Waals surface area contributed by atoms with E-state index in [4.69, 9.17) is 10.5 Å². The summed E-state index contributed by atoms with van der Waals surface area (Å²) in [5.41, 5.74) is 5.66. The van der Waals surface area contributed by atoms with Crippen LogP contribution in [-0.4, -0.2) is 25.0 Å². The molecule has 2 rings (SSSR count). The predicted molar refractivity (Wildman–Crippen MR) is 62.0 cm³/mol. The van der Waals surface area contributed by atoms with E-state index in [1.165, 1.54) is 13.1 Å². The lowest BCUT2D eigenvalue weighted by molar-refractivity contribution is 0.0943. The number of hydrogen-bond acceptors (Lipinski definition) is 3. The smallest absolute Gasteiger partial charge is 0.251 e. The van der Waals surface area contributed by atoms with Crippen molar-refractivity contribution in [3.63, 3.8) is 0 Å². The molecule has 0 heterocycles. The first-order chi connectivity index (χ1) is 8.11. The Labute approximate surface area is 98.9 Å². The minimum absolute atomic E-state index is 0.201. The summed E-state index contributed by atoms with van der Waals surface area (Å²) in [4.78, 5) is 22.8. The molecule has 1 fully saturated rings. The average Bonchev–Trinajstić information content (AvgIpc) is 3.11. The SMILES string of the molecule is CNC(=O)c1cc(OC2CC2)ccc1C(N)=O. The van der Waals surface area contributed by atoms with Gasteiger partial charge in [0.25, 0.3) is 5.91 Å². The number of benzene rings is 1. The summed E-state index contributed by atoms with van der Waals surface area (Å²) in [6.45, 7) is 0. The molecule has 1 saturated carbocycles. The summed E-state index contributed by atoms with van der Waals surface area (Å²) < 4.78 is 5.56. The van der Waals surface area contributed by atoms with Crippen molar-refractivity contribution < 1.29 is 14.3 Å². The van der Waals surface area contributed by atoms with Gasteiger partial charge >= 0.3 is 0 Å². The molecule has 90 valence electrons. The molecule has 0 radical (unpaired) electrons. The minimum Gasteiger partial charge on any atom is -0.490 e. The fourth-order valence-corrected chi connectivity index (χ4v) is 1.51. The Morgan fingerprint density at radius 2 is 2.06 bits per heavy atom. The number of nitrogens with one attached hydrogen (secondary N) is 1. The van der Waals surface area contributed by atoms with Crippen molar-refractivity contribution in [2.75, 3.05) is 7.05 Å². The minimum atomic E-state index is -0.624. The van der Waals surface area contributed by atoms with Gasteiger partial charge in [-0.05, 0) is 31.0 Å². The fraction of sp³-hybridized carbons (Fsp3) is 0.333. The second-order valence-electron chi connectivity index (χ2n) is 3.97. The van der Waals surface area contributed by atoms with Crippen molar-refractivity contribution in [1.82, 2.24) is 5.32 Å². The van der Waals surface area contributed by atoms with E-state index in [0.29, 0.717) is 5.75 Å². The molecule has 2 amide bonds. The largest absolute Gasteiger partial charge is 0.490 e. The first-order valence-electron chi connectivity index (χ1n) is 5.44. The zero-order valence-electron chi connectivity index (χ0n) is 9.53. The predicted octanol–water partition coefficient (Wildman–Crippen LogP) is 0.686. The number of rotatable bonds is 4. The van der Waals surface area contributed by atoms with Crippen molar-refractivity contribution in [2.45, 2.75) is 18.9 Å². The highest BCUT2D eigenvalue weighted by Gasteiger charge is 2.24. The van der Waals surface area contributed by atoms with Crippen LogP contribution in [0, 0.1) is 0 Å². The van der Waals surface area contributed by atoms with E-state index in [0.717, 1.165) is 12.8 Å². The fourth-order valence-electron chi connectivity index (χ4n) is 1.51. The highest BCUT2D eigenvalue weighted by atomic mass is 16.5. The van der Waals surface area contributed by atoms with Crippen LogP contribution in [0.3, 0.4) is 0 Å². The molecule has 1 aromatic carbocycles. The first-order valence-corrected chi connectivity index (χ1v) is 5.44. The summed E-state index contributed by atoms with van der Waals surface area (Å²) in [6.07, 6.45) is 2.31. The maximum Gasteiger partial charge on any atom is 0.251 e. The molecule has 0 aromatic heterocycles. The van der Waals surface area contributed by atoms with E-state index in [-0.39, 0.29) is 23.1 Å². The zero-order chi connectivity index (χ0) is 12.4. The van der Waals surface area contributed by atoms with E-state index < -0.39 is 5.91 Å². The molecule has 0 bridgehead atoms. The first kappa shape index (κ1) is 11.4. The van der Waals surface area contributed by atoms with Crippen molar-refractivity contribution in [3.05, 3.63) is 29.3 Å². The van der Waals surface area contributed by atoms with E-state index in [9.17, 15) is 9.59 Å². The van der Waals surface area contributed by atoms with Crippen LogP contribution in [0.15, 0.2) is 18.2 Å². The van der Waals surface area contributed by atoms with Gasteiger partial charge in [0.1, 0.15) is 5.75 Å². The number of ether oxygens (including phenoxy) is 1. The van der Waals surface area contributed by atoms with Crippen molar-refractivity contribution in [3.8, 4) is 5.75 Å². The molecule has 1 aliphatic rings. The Kier molecular flexibility index (Phi) is 2.99. The Morgan fingerprint density at radius 3 is 2.59 bits per heavy atom. The molecule has 0 saturated heterocycles. The van der Waals surface area contributed by atoms with Crippen LogP contribution in [0.25, 0.3) is 0 Å². The van der Waals surface area contributed by atoms with E-state index in [1.807, 2.05) is 0 Å². The van der Waals surface area contributed by atoms with E-state index >= 15 is 0 Å². The molecule has 0 atom stereocenters. The molecule has 5 nitrogen and oxygen atoms in total. The molecule has 17 heavy (non-hydrogen) atoms. The van der Waals surface area contributed by atoms with Gasteiger partial charge in [0.2, 0.25) is 5.91 Å². The quantitative estimate of drug-likeness (QED) is 0.804. The third-order valence-corrected chi connectivity index (χ3v) is 2.56. The van der Waals surface area contributed by atoms with Crippen molar-refractivity contribution in [2.24, 2.45) is 5.73 Å². The molecular formula is C12H14N2O3. The Balaban J connectivity index is 2.34. The standard InChI is InChI=1S/C12H14N2O3/c1-14-12(16)10-6-8(17-7-2-3-7)4-5-9(10)11(13)15/h4-7H,2-3H2,1H3,(H2,13,15)(H,14,16). The van der Waals surface area contributed by atoms with E-state index in [1.54, 1.807) is 12.1 Å². The molecule has 5 heteroatoms. The molecule has 3 N–H and O–H groups in total. The third kappa shape index (κ3) is 2.55. The Morgan fingerprint density at radius 1 is 1.35 bits per heavy atom. The summed E-state index contributed by atoms with van der Waals surface area (Å²) >= 11 is 0. The normalized spacial score (nSPS) is 14.2. The summed E-state index contributed by atoms with van der Waals surface area (Å²) in [5, 5.41) is 2.47. The highest BCUT2D eigenvalue weighted by molar-refractivity contribution is 6.06. The van der Waals surface area contributed by atoms with Gasteiger partial charge in [0.15, 0.2) is 0 Å². The number of carbonyl (C=O) groups is 2. The van der Waals surface area contributed by atoms with Crippen LogP contribution in [0.5, 0.6) is 5.75 Å². The molecule has 0 unspecified atom stereocenters. The number of amides is 2. The van der Waals surface area contributed by atoms with Crippen LogP contribution in [-0.2, 0) is 0 Å². The van der Waals surface area contributed by atoms with Crippen molar-refractivity contribution >= 4 is 11.8 Å². The van der Waals surface area contributed by atoms with Gasteiger partial charge in [0, 0.05) is 7.05 Å². The summed E-state index contributed by atoms with van der Waals surface area (Å²) in [6, 6.07) is 4.73. The monoisotopic (exact) mass is 234 g/mol. The van der Waals surface area contributed by atoms with Crippen LogP contribution in [0.4, 0.5) is 0 Å². The number of nitrogens with two attached hydrogens (primary N) is 1. The second kappa shape index (κ2) is 4.45. The Bertz CT molecular complexity index is 467. The maximum atomic E-state index is 11.6. The number of hydrogen-bond donors (Lipinski definition) is 2. The molecule has 1 aliphatic carbocycles. The Hall–Kier alpha value is -2.04. The van der Waals surface area contributed by atoms with E-state index in [2.05, 4.69) is 5.32 Å². The van der Waals surface area contributed by atoms with Crippen LogP contribution >= 0.6 is 0 Å². The summed E-state index contributed by atoms with van der Waals surface area (Å²) in [7, 11) is 1.50. The average molecular weight is 234 g/mol. The molecule has 0 aliphatic heterocycles. The topological polar surface area (TPSA) is 81.4 Å². The summed E-state index contributed by atoms with van der Waals surface area (Å²) in [5.74, 6) is -0.377. The van der Waals surface area contributed by atoms with Gasteiger partial charge in [-0.2, -0.15) is 0 Å². The lowest BCUT2D eigenvalue weighted by Gasteiger charge is -2.09. The maximum absolute atomic E-state index is 11.6. The third-order valence-electron chi connectivity index (χ3n) is 2.56. The van der Waals surface area contributed by atoms with Gasteiger partial charge in [-0.3, -0.25) is 9.59 Å². The van der Waals surface area contributed by atoms with Crippen LogP contribution < -0.4 is 15.8 Å². The van der Waals surface area contributed by atoms with Crippen LogP contribution in [0.1, 0.15) is 33.6 Å². The lowest BCUT2D eigenvalue weighted by atomic mass is 10.1. The molecule has 0 spiro atoms. The van der Waals surface area contributed by atoms with Crippen LogP contribution in [0.2, 0.25) is 0 Å². The second-order valence-corrected chi connectivity index (χ2v) is 3.97. The number of primary amides is 1. The highest BCUT2D eigenvalue weighted by Crippen LogP contribution is 2.28. The van der Waals surface area contributed by atoms with Gasteiger partial charge in [-0.25, -0.2) is 0 Å².